The summed E-state index contributed by atoms with van der Waals surface area (Å²) in [7, 11) is -4.27. The van der Waals surface area contributed by atoms with E-state index in [0.29, 0.717) is 9.13 Å². The molecule has 2 rings (SSSR count). The van der Waals surface area contributed by atoms with Crippen molar-refractivity contribution in [1.82, 2.24) is 0 Å². The Morgan fingerprint density at radius 1 is 1.10 bits per heavy atom. The van der Waals surface area contributed by atoms with Crippen LogP contribution in [0.3, 0.4) is 0 Å². The molecule has 0 atom stereocenters. The van der Waals surface area contributed by atoms with Crippen molar-refractivity contribution in [3.05, 3.63) is 57.7 Å². The van der Waals surface area contributed by atoms with E-state index >= 15 is 0 Å². The molecule has 20 heavy (non-hydrogen) atoms. The molecule has 0 bridgehead atoms. The van der Waals surface area contributed by atoms with Crippen LogP contribution in [0.4, 0.5) is 0 Å². The zero-order valence-corrected chi connectivity index (χ0v) is 13.0. The fourth-order valence-corrected chi connectivity index (χ4v) is 2.80. The third-order valence-corrected chi connectivity index (χ3v) is 4.11. The Morgan fingerprint density at radius 2 is 1.75 bits per heavy atom. The lowest BCUT2D eigenvalue weighted by Crippen LogP contribution is -2.09. The summed E-state index contributed by atoms with van der Waals surface area (Å²) in [5.41, 5.74) is 0.391. The highest BCUT2D eigenvalue weighted by atomic mass is 127. The summed E-state index contributed by atoms with van der Waals surface area (Å²) in [6.45, 7) is 0. The maximum atomic E-state index is 11.9. The van der Waals surface area contributed by atoms with Gasteiger partial charge in [0.2, 0.25) is 0 Å². The first-order chi connectivity index (χ1) is 9.38. The molecule has 5 nitrogen and oxygen atoms in total. The van der Waals surface area contributed by atoms with Gasteiger partial charge in [-0.15, -0.1) is 0 Å². The van der Waals surface area contributed by atoms with E-state index in [4.69, 9.17) is 9.29 Å². The molecule has 0 amide bonds. The molecule has 104 valence electrons. The molecule has 1 N–H and O–H groups in total. The first-order valence-electron chi connectivity index (χ1n) is 5.42. The predicted molar refractivity (Wildman–Crippen MR) is 80.4 cm³/mol. The van der Waals surface area contributed by atoms with Crippen LogP contribution in [0.15, 0.2) is 53.4 Å². The van der Waals surface area contributed by atoms with Crippen LogP contribution in [-0.4, -0.2) is 18.9 Å². The lowest BCUT2D eigenvalue weighted by atomic mass is 10.2. The molecule has 0 radical (unpaired) electrons. The smallest absolute Gasteiger partial charge is 0.343 e. The largest absolute Gasteiger partial charge is 0.422 e. The van der Waals surface area contributed by atoms with E-state index in [1.54, 1.807) is 30.3 Å². The zero-order valence-electron chi connectivity index (χ0n) is 9.99. The number of rotatable bonds is 3. The van der Waals surface area contributed by atoms with Gasteiger partial charge in [-0.2, -0.15) is 8.42 Å². The van der Waals surface area contributed by atoms with Gasteiger partial charge in [0.05, 0.1) is 14.0 Å². The molecule has 0 unspecified atom stereocenters. The molecule has 2 aromatic carbocycles. The van der Waals surface area contributed by atoms with Crippen LogP contribution in [0.2, 0.25) is 0 Å². The number of carbonyl (C=O) groups excluding carboxylic acids is 1. The second-order valence-corrected chi connectivity index (χ2v) is 6.41. The average molecular weight is 404 g/mol. The molecule has 0 aromatic heterocycles. The Morgan fingerprint density at radius 3 is 2.30 bits per heavy atom. The van der Waals surface area contributed by atoms with Crippen molar-refractivity contribution in [2.45, 2.75) is 4.90 Å². The summed E-state index contributed by atoms with van der Waals surface area (Å²) in [6.07, 6.45) is 0. The van der Waals surface area contributed by atoms with Crippen LogP contribution in [0.25, 0.3) is 0 Å². The van der Waals surface area contributed by atoms with Crippen LogP contribution < -0.4 is 4.74 Å². The summed E-state index contributed by atoms with van der Waals surface area (Å²) in [5.74, 6) is -0.310. The van der Waals surface area contributed by atoms with Gasteiger partial charge in [-0.25, -0.2) is 4.79 Å². The Hall–Kier alpha value is -1.45. The van der Waals surface area contributed by atoms with Gasteiger partial charge in [-0.05, 0) is 52.9 Å². The van der Waals surface area contributed by atoms with E-state index in [0.717, 1.165) is 0 Å². The van der Waals surface area contributed by atoms with E-state index in [1.165, 1.54) is 18.2 Å². The number of carbonyl (C=O) groups is 1. The van der Waals surface area contributed by atoms with Crippen LogP contribution in [0.5, 0.6) is 5.75 Å². The highest BCUT2D eigenvalue weighted by Gasteiger charge is 2.15. The van der Waals surface area contributed by atoms with E-state index < -0.39 is 16.1 Å². The van der Waals surface area contributed by atoms with Gasteiger partial charge in [0.25, 0.3) is 10.1 Å². The number of ether oxygens (including phenoxy) is 1. The third-order valence-electron chi connectivity index (χ3n) is 2.41. The number of benzene rings is 2. The van der Waals surface area contributed by atoms with Crippen molar-refractivity contribution in [1.29, 1.82) is 0 Å². The second-order valence-electron chi connectivity index (χ2n) is 3.82. The molecule has 0 fully saturated rings. The summed E-state index contributed by atoms with van der Waals surface area (Å²) in [5, 5.41) is 0. The minimum Gasteiger partial charge on any atom is -0.422 e. The fourth-order valence-electron chi connectivity index (χ4n) is 1.46. The van der Waals surface area contributed by atoms with Crippen molar-refractivity contribution in [2.75, 3.05) is 0 Å². The molecule has 0 spiro atoms. The molecule has 0 saturated heterocycles. The van der Waals surface area contributed by atoms with Gasteiger partial charge < -0.3 is 4.74 Å². The van der Waals surface area contributed by atoms with Crippen LogP contribution in [0.1, 0.15) is 10.4 Å². The van der Waals surface area contributed by atoms with Gasteiger partial charge in [0.15, 0.2) is 0 Å². The van der Waals surface area contributed by atoms with Crippen molar-refractivity contribution in [3.63, 3.8) is 0 Å². The average Bonchev–Trinajstić information content (AvgIpc) is 2.41. The number of halogens is 1. The Labute approximate surface area is 129 Å². The van der Waals surface area contributed by atoms with Crippen molar-refractivity contribution >= 4 is 38.7 Å². The molecule has 0 aliphatic carbocycles. The number of hydrogen-bond donors (Lipinski definition) is 1. The maximum absolute atomic E-state index is 11.9. The topological polar surface area (TPSA) is 80.7 Å². The molecular formula is C13H9IO5S. The maximum Gasteiger partial charge on any atom is 0.343 e. The zero-order chi connectivity index (χ0) is 14.8. The Kier molecular flexibility index (Phi) is 4.41. The monoisotopic (exact) mass is 404 g/mol. The van der Waals surface area contributed by atoms with Crippen molar-refractivity contribution in [2.24, 2.45) is 0 Å². The molecule has 7 heteroatoms. The summed E-state index contributed by atoms with van der Waals surface area (Å²) in [4.78, 5) is 11.6. The quantitative estimate of drug-likeness (QED) is 0.368. The van der Waals surface area contributed by atoms with Gasteiger partial charge in [0, 0.05) is 0 Å². The summed E-state index contributed by atoms with van der Waals surface area (Å²) < 4.78 is 36.5. The van der Waals surface area contributed by atoms with Crippen molar-refractivity contribution in [3.8, 4) is 5.75 Å². The summed E-state index contributed by atoms with van der Waals surface area (Å²) >= 11 is 1.83. The molecule has 0 aliphatic rings. The Bertz CT molecular complexity index is 741. The van der Waals surface area contributed by atoms with E-state index in [-0.39, 0.29) is 10.6 Å². The van der Waals surface area contributed by atoms with E-state index in [1.807, 2.05) is 22.6 Å². The van der Waals surface area contributed by atoms with Gasteiger partial charge >= 0.3 is 5.97 Å². The number of hydrogen-bond acceptors (Lipinski definition) is 4. The minimum absolute atomic E-state index is 0.229. The highest BCUT2D eigenvalue weighted by molar-refractivity contribution is 14.1. The SMILES string of the molecule is O=C(Oc1ccc(S(=O)(=O)O)cc1I)c1ccccc1. The number of esters is 1. The van der Waals surface area contributed by atoms with Crippen LogP contribution in [0, 0.1) is 3.57 Å². The lowest BCUT2D eigenvalue weighted by Gasteiger charge is -2.07. The Balaban J connectivity index is 2.25. The normalized spacial score (nSPS) is 11.1. The molecule has 0 aliphatic heterocycles. The molecular weight excluding hydrogens is 395 g/mol. The molecule has 0 heterocycles. The summed E-state index contributed by atoms with van der Waals surface area (Å²) in [6, 6.07) is 12.2. The van der Waals surface area contributed by atoms with E-state index in [9.17, 15) is 13.2 Å². The van der Waals surface area contributed by atoms with Gasteiger partial charge in [-0.3, -0.25) is 4.55 Å². The standard InChI is InChI=1S/C13H9IO5S/c14-11-8-10(20(16,17)18)6-7-12(11)19-13(15)9-4-2-1-3-5-9/h1-8H,(H,16,17,18). The first kappa shape index (κ1) is 14.9. The van der Waals surface area contributed by atoms with Crippen LogP contribution in [-0.2, 0) is 10.1 Å². The second kappa shape index (κ2) is 5.90. The third kappa shape index (κ3) is 3.56. The van der Waals surface area contributed by atoms with E-state index in [2.05, 4.69) is 0 Å². The predicted octanol–water partition coefficient (Wildman–Crippen LogP) is 2.76. The van der Waals surface area contributed by atoms with Gasteiger partial charge in [0.1, 0.15) is 5.75 Å². The van der Waals surface area contributed by atoms with Gasteiger partial charge in [-0.1, -0.05) is 18.2 Å². The minimum atomic E-state index is -4.27. The molecule has 2 aromatic rings. The van der Waals surface area contributed by atoms with Crippen LogP contribution >= 0.6 is 22.6 Å². The van der Waals surface area contributed by atoms with Crippen molar-refractivity contribution < 1.29 is 22.5 Å². The first-order valence-corrected chi connectivity index (χ1v) is 7.94. The molecule has 0 saturated carbocycles. The highest BCUT2D eigenvalue weighted by Crippen LogP contribution is 2.25. The fraction of sp³-hybridized carbons (Fsp3) is 0. The lowest BCUT2D eigenvalue weighted by molar-refractivity contribution is 0.0733.